The zero-order valence-corrected chi connectivity index (χ0v) is 38.0. The molecular formula is C46H60ClN7O7S. The number of rotatable bonds is 6. The summed E-state index contributed by atoms with van der Waals surface area (Å²) in [5.41, 5.74) is 3.97. The van der Waals surface area contributed by atoms with Gasteiger partial charge < -0.3 is 23.8 Å². The molecule has 3 aromatic rings. The first-order valence-electron chi connectivity index (χ1n) is 22.0. The van der Waals surface area contributed by atoms with Gasteiger partial charge in [0.15, 0.2) is 0 Å². The van der Waals surface area contributed by atoms with Crippen molar-refractivity contribution < 1.29 is 32.7 Å². The quantitative estimate of drug-likeness (QED) is 0.157. The average Bonchev–Trinajstić information content (AvgIpc) is 3.63. The standard InChI is InChI=1S/C46H60ClN7O7S/c1-32-8-7-16-46(59-4,30-52-17-18-53-19-21-60-28-38(53)26-52)40-14-11-36(40)25-54-24-35-10-13-37(47)22-33(35)9-5-6-20-61-42-15-12-34(23-41(42)54)43(55)50-62(57,29-32)31-48-44(56)39-27-51(2)49-45(39)58-3/h7,10,12-13,15-16,22-23,27,31-32,36,38,40H,5-6,8-9,11,14,17-21,24-26,28-30H2,1-4H3/b16-7+,48-31?/t32-,36-,38-,40+,46+,62?/m0/s1. The number of aryl methyl sites for hydroxylation is 2. The average molecular weight is 891 g/mol. The highest BCUT2D eigenvalue weighted by molar-refractivity contribution is 8.06. The smallest absolute Gasteiger partial charge is 0.285 e. The predicted molar refractivity (Wildman–Crippen MR) is 241 cm³/mol. The minimum absolute atomic E-state index is 0.000763. The molecule has 16 heteroatoms. The van der Waals surface area contributed by atoms with Crippen LogP contribution in [0.5, 0.6) is 11.6 Å². The van der Waals surface area contributed by atoms with E-state index >= 15 is 0 Å². The molecule has 334 valence electrons. The Hall–Kier alpha value is -4.12. The van der Waals surface area contributed by atoms with E-state index < -0.39 is 27.1 Å². The zero-order chi connectivity index (χ0) is 43.4. The molecule has 1 saturated carbocycles. The maximum Gasteiger partial charge on any atom is 0.285 e. The topological polar surface area (TPSA) is 140 Å². The van der Waals surface area contributed by atoms with E-state index in [0.29, 0.717) is 42.9 Å². The highest BCUT2D eigenvalue weighted by Gasteiger charge is 2.49. The number of hydrogen-bond donors (Lipinski definition) is 0. The lowest BCUT2D eigenvalue weighted by Crippen LogP contribution is -2.62. The van der Waals surface area contributed by atoms with Gasteiger partial charge in [0, 0.05) is 88.5 Å². The molecule has 5 heterocycles. The molecule has 5 aliphatic rings. The van der Waals surface area contributed by atoms with E-state index in [1.54, 1.807) is 13.1 Å². The molecule has 2 bridgehead atoms. The lowest BCUT2D eigenvalue weighted by Gasteiger charge is -2.53. The number of anilines is 1. The summed E-state index contributed by atoms with van der Waals surface area (Å²) in [6.07, 6.45) is 11.1. The number of piperazine rings is 1. The fraction of sp³-hybridized carbons (Fsp3) is 0.565. The first kappa shape index (κ1) is 44.5. The van der Waals surface area contributed by atoms with Crippen LogP contribution in [0.15, 0.2) is 64.1 Å². The normalized spacial score (nSPS) is 29.5. The number of hydrogen-bond acceptors (Lipinski definition) is 11. The first-order valence-corrected chi connectivity index (χ1v) is 24.1. The van der Waals surface area contributed by atoms with Crippen LogP contribution in [-0.4, -0.2) is 132 Å². The molecule has 6 atom stereocenters. The van der Waals surface area contributed by atoms with Crippen molar-refractivity contribution in [1.82, 2.24) is 19.6 Å². The molecule has 3 fully saturated rings. The fourth-order valence-electron chi connectivity index (χ4n) is 9.89. The molecule has 0 radical (unpaired) electrons. The SMILES string of the molecule is COc1nn(C)cc1C(=O)N=CS1(=O)=NC(=O)c2ccc3c(c2)N(Cc2ccc(Cl)cc2CCCCO3)C[C@@H]2CC[C@H]2[C@@](CN2CCN3CCOC[C@@H]3C2)(OC)/C=C/C[C@H](C)C1. The maximum atomic E-state index is 14.9. The number of ether oxygens (including phenoxy) is 4. The van der Waals surface area contributed by atoms with Crippen LogP contribution in [0.4, 0.5) is 5.69 Å². The summed E-state index contributed by atoms with van der Waals surface area (Å²) >= 11 is 6.58. The highest BCUT2D eigenvalue weighted by atomic mass is 35.5. The Morgan fingerprint density at radius 1 is 1.08 bits per heavy atom. The molecule has 2 amide bonds. The predicted octanol–water partition coefficient (Wildman–Crippen LogP) is 6.30. The number of morpholine rings is 1. The van der Waals surface area contributed by atoms with E-state index in [9.17, 15) is 13.8 Å². The number of aliphatic imine (C=N–C) groups is 1. The first-order chi connectivity index (χ1) is 29.9. The number of carbonyl (C=O) groups excluding carboxylic acids is 2. The number of carbonyl (C=O) groups is 2. The van der Waals surface area contributed by atoms with Gasteiger partial charge >= 0.3 is 0 Å². The Labute approximate surface area is 370 Å². The number of halogens is 1. The van der Waals surface area contributed by atoms with Crippen LogP contribution >= 0.6 is 11.6 Å². The van der Waals surface area contributed by atoms with Crippen molar-refractivity contribution in [3.05, 3.63) is 82.0 Å². The molecule has 0 N–H and O–H groups in total. The molecule has 1 aliphatic carbocycles. The van der Waals surface area contributed by atoms with Crippen molar-refractivity contribution in [2.45, 2.75) is 63.6 Å². The third-order valence-electron chi connectivity index (χ3n) is 13.3. The Balaban J connectivity index is 1.22. The van der Waals surface area contributed by atoms with E-state index in [0.717, 1.165) is 89.3 Å². The number of amides is 2. The number of allylic oxidation sites excluding steroid dienone is 1. The molecule has 62 heavy (non-hydrogen) atoms. The molecule has 4 aliphatic heterocycles. The van der Waals surface area contributed by atoms with Gasteiger partial charge in [-0.15, -0.1) is 5.10 Å². The second-order valence-corrected chi connectivity index (χ2v) is 20.2. The van der Waals surface area contributed by atoms with Crippen molar-refractivity contribution in [3.63, 3.8) is 0 Å². The Morgan fingerprint density at radius 2 is 1.95 bits per heavy atom. The van der Waals surface area contributed by atoms with Gasteiger partial charge in [0.05, 0.1) is 42.3 Å². The van der Waals surface area contributed by atoms with Crippen LogP contribution in [0.2, 0.25) is 5.02 Å². The number of nitrogens with zero attached hydrogens (tertiary/aromatic N) is 7. The van der Waals surface area contributed by atoms with Crippen molar-refractivity contribution >= 4 is 44.4 Å². The minimum Gasteiger partial charge on any atom is -0.491 e. The van der Waals surface area contributed by atoms with Gasteiger partial charge in [-0.05, 0) is 97.7 Å². The third kappa shape index (κ3) is 9.98. The van der Waals surface area contributed by atoms with Crippen LogP contribution in [0.25, 0.3) is 0 Å². The van der Waals surface area contributed by atoms with E-state index in [4.69, 9.17) is 30.5 Å². The Kier molecular flexibility index (Phi) is 13.9. The van der Waals surface area contributed by atoms with Crippen molar-refractivity contribution in [2.75, 3.05) is 84.0 Å². The molecule has 1 unspecified atom stereocenters. The van der Waals surface area contributed by atoms with Crippen molar-refractivity contribution in [2.24, 2.45) is 34.2 Å². The summed E-state index contributed by atoms with van der Waals surface area (Å²) in [5, 5.41) is 4.87. The van der Waals surface area contributed by atoms with Crippen LogP contribution in [0.1, 0.15) is 70.9 Å². The summed E-state index contributed by atoms with van der Waals surface area (Å²) in [6.45, 7) is 9.82. The van der Waals surface area contributed by atoms with Gasteiger partial charge in [-0.3, -0.25) is 24.1 Å². The molecule has 0 spiro atoms. The second-order valence-electron chi connectivity index (χ2n) is 17.6. The van der Waals surface area contributed by atoms with Crippen LogP contribution in [-0.2, 0) is 39.2 Å². The molecule has 1 aromatic heterocycles. The number of benzene rings is 2. The molecule has 14 nitrogen and oxygen atoms in total. The van der Waals surface area contributed by atoms with Gasteiger partial charge in [-0.25, -0.2) is 9.20 Å². The van der Waals surface area contributed by atoms with Gasteiger partial charge in [-0.2, -0.15) is 4.36 Å². The molecule has 8 rings (SSSR count). The summed E-state index contributed by atoms with van der Waals surface area (Å²) in [7, 11) is 1.40. The number of fused-ring (bicyclic) bond motifs is 4. The van der Waals surface area contributed by atoms with E-state index in [1.807, 2.05) is 32.2 Å². The van der Waals surface area contributed by atoms with Crippen LogP contribution in [0, 0.1) is 17.8 Å². The minimum atomic E-state index is -3.52. The lowest BCUT2D eigenvalue weighted by molar-refractivity contribution is -0.108. The summed E-state index contributed by atoms with van der Waals surface area (Å²) in [5.74, 6) is -0.308. The highest BCUT2D eigenvalue weighted by Crippen LogP contribution is 2.47. The Morgan fingerprint density at radius 3 is 2.76 bits per heavy atom. The largest absolute Gasteiger partial charge is 0.491 e. The maximum absolute atomic E-state index is 14.9. The van der Waals surface area contributed by atoms with Crippen LogP contribution in [0.3, 0.4) is 0 Å². The number of methoxy groups -OCH3 is 2. The van der Waals surface area contributed by atoms with E-state index in [2.05, 4.69) is 53.4 Å². The summed E-state index contributed by atoms with van der Waals surface area (Å²) < 4.78 is 45.2. The van der Waals surface area contributed by atoms with Gasteiger partial charge in [0.2, 0.25) is 5.88 Å². The van der Waals surface area contributed by atoms with Gasteiger partial charge in [0.25, 0.3) is 11.8 Å². The van der Waals surface area contributed by atoms with E-state index in [1.165, 1.54) is 29.1 Å². The molecular weight excluding hydrogens is 830 g/mol. The number of aromatic nitrogens is 2. The van der Waals surface area contributed by atoms with Crippen molar-refractivity contribution in [1.29, 1.82) is 0 Å². The Bertz CT molecular complexity index is 2310. The van der Waals surface area contributed by atoms with Gasteiger partial charge in [0.1, 0.15) is 22.5 Å². The zero-order valence-electron chi connectivity index (χ0n) is 36.4. The third-order valence-corrected chi connectivity index (χ3v) is 15.5. The summed E-state index contributed by atoms with van der Waals surface area (Å²) in [6, 6.07) is 11.8. The van der Waals surface area contributed by atoms with Gasteiger partial charge in [-0.1, -0.05) is 36.7 Å². The van der Waals surface area contributed by atoms with E-state index in [-0.39, 0.29) is 40.5 Å². The lowest BCUT2D eigenvalue weighted by atomic mass is 9.63. The summed E-state index contributed by atoms with van der Waals surface area (Å²) in [4.78, 5) is 39.2. The fourth-order valence-corrected chi connectivity index (χ4v) is 11.9. The van der Waals surface area contributed by atoms with Crippen molar-refractivity contribution in [3.8, 4) is 11.6 Å². The van der Waals surface area contributed by atoms with Crippen LogP contribution < -0.4 is 14.4 Å². The monoisotopic (exact) mass is 889 g/mol. The second kappa shape index (κ2) is 19.3. The molecule has 2 aromatic carbocycles. The molecule has 2 saturated heterocycles.